The van der Waals surface area contributed by atoms with Gasteiger partial charge in [0.05, 0.1) is 21.8 Å². The van der Waals surface area contributed by atoms with Crippen LogP contribution in [0.3, 0.4) is 0 Å². The number of thiophene rings is 1. The number of fused-ring (bicyclic) bond motifs is 1. The number of amides is 1. The summed E-state index contributed by atoms with van der Waals surface area (Å²) in [6, 6.07) is 18.8. The van der Waals surface area contributed by atoms with Crippen LogP contribution in [0.2, 0.25) is 0 Å². The molecule has 2 aromatic heterocycles. The lowest BCUT2D eigenvalue weighted by molar-refractivity contribution is 0.103. The van der Waals surface area contributed by atoms with Gasteiger partial charge in [-0.2, -0.15) is 0 Å². The summed E-state index contributed by atoms with van der Waals surface area (Å²) >= 11 is 1.16. The molecule has 28 heavy (non-hydrogen) atoms. The first-order valence-corrected chi connectivity index (χ1v) is 10.7. The average molecular weight is 409 g/mol. The molecule has 8 heteroatoms. The minimum Gasteiger partial charge on any atom is -0.319 e. The third-order valence-electron chi connectivity index (χ3n) is 4.05. The Bertz CT molecular complexity index is 1250. The van der Waals surface area contributed by atoms with Gasteiger partial charge < -0.3 is 5.32 Å². The molecule has 2 heterocycles. The third-order valence-corrected chi connectivity index (χ3v) is 6.34. The van der Waals surface area contributed by atoms with Gasteiger partial charge in [0.15, 0.2) is 0 Å². The molecule has 1 amide bonds. The quantitative estimate of drug-likeness (QED) is 0.513. The maximum atomic E-state index is 12.8. The van der Waals surface area contributed by atoms with Crippen molar-refractivity contribution in [2.45, 2.75) is 4.90 Å². The minimum absolute atomic E-state index is 0.130. The van der Waals surface area contributed by atoms with Crippen LogP contribution in [0.15, 0.2) is 83.2 Å². The number of aromatic nitrogens is 1. The number of para-hydroxylation sites is 1. The Morgan fingerprint density at radius 1 is 0.893 bits per heavy atom. The fourth-order valence-electron chi connectivity index (χ4n) is 2.75. The van der Waals surface area contributed by atoms with Crippen molar-refractivity contribution in [3.05, 3.63) is 83.2 Å². The van der Waals surface area contributed by atoms with Crippen LogP contribution in [0, 0.1) is 0 Å². The molecule has 0 radical (unpaired) electrons. The molecule has 0 aliphatic carbocycles. The van der Waals surface area contributed by atoms with Gasteiger partial charge in [0, 0.05) is 11.6 Å². The fraction of sp³-hybridized carbons (Fsp3) is 0. The standard InChI is InChI=1S/C20H15N3O3S2/c24-20(22-16-10-4-6-14-7-5-12-21-18(14)16)19-17(11-13-27-19)23-28(25,26)15-8-2-1-3-9-15/h1-13,23H,(H,22,24). The lowest BCUT2D eigenvalue weighted by Crippen LogP contribution is -2.17. The zero-order valence-electron chi connectivity index (χ0n) is 14.5. The molecule has 0 aliphatic heterocycles. The number of hydrogen-bond acceptors (Lipinski definition) is 5. The summed E-state index contributed by atoms with van der Waals surface area (Å²) < 4.78 is 27.6. The molecule has 0 fully saturated rings. The van der Waals surface area contributed by atoms with E-state index in [0.29, 0.717) is 11.2 Å². The molecule has 0 saturated heterocycles. The molecule has 6 nitrogen and oxygen atoms in total. The minimum atomic E-state index is -3.78. The molecule has 0 spiro atoms. The van der Waals surface area contributed by atoms with E-state index in [2.05, 4.69) is 15.0 Å². The summed E-state index contributed by atoms with van der Waals surface area (Å²) in [7, 11) is -3.78. The number of benzene rings is 2. The molecular formula is C20H15N3O3S2. The van der Waals surface area contributed by atoms with E-state index < -0.39 is 15.9 Å². The number of nitrogens with one attached hydrogen (secondary N) is 2. The Morgan fingerprint density at radius 3 is 2.50 bits per heavy atom. The highest BCUT2D eigenvalue weighted by atomic mass is 32.2. The summed E-state index contributed by atoms with van der Waals surface area (Å²) in [5, 5.41) is 5.39. The van der Waals surface area contributed by atoms with Crippen LogP contribution in [0.4, 0.5) is 11.4 Å². The van der Waals surface area contributed by atoms with Gasteiger partial charge in [-0.15, -0.1) is 11.3 Å². The van der Waals surface area contributed by atoms with Crippen molar-refractivity contribution < 1.29 is 13.2 Å². The lowest BCUT2D eigenvalue weighted by atomic mass is 10.2. The van der Waals surface area contributed by atoms with Crippen molar-refractivity contribution in [2.75, 3.05) is 10.0 Å². The van der Waals surface area contributed by atoms with E-state index in [0.717, 1.165) is 16.7 Å². The van der Waals surface area contributed by atoms with E-state index in [9.17, 15) is 13.2 Å². The number of anilines is 2. The summed E-state index contributed by atoms with van der Waals surface area (Å²) in [6.45, 7) is 0. The van der Waals surface area contributed by atoms with Crippen LogP contribution >= 0.6 is 11.3 Å². The SMILES string of the molecule is O=C(Nc1cccc2cccnc12)c1sccc1NS(=O)(=O)c1ccccc1. The van der Waals surface area contributed by atoms with Gasteiger partial charge >= 0.3 is 0 Å². The topological polar surface area (TPSA) is 88.2 Å². The number of rotatable bonds is 5. The Hall–Kier alpha value is -3.23. The largest absolute Gasteiger partial charge is 0.319 e. The van der Waals surface area contributed by atoms with Crippen LogP contribution in [0.5, 0.6) is 0 Å². The highest BCUT2D eigenvalue weighted by Crippen LogP contribution is 2.28. The molecule has 0 atom stereocenters. The van der Waals surface area contributed by atoms with Crippen LogP contribution in [0.1, 0.15) is 9.67 Å². The molecule has 0 bridgehead atoms. The molecule has 2 N–H and O–H groups in total. The lowest BCUT2D eigenvalue weighted by Gasteiger charge is -2.10. The van der Waals surface area contributed by atoms with Gasteiger partial charge in [-0.1, -0.05) is 36.4 Å². The van der Waals surface area contributed by atoms with E-state index in [-0.39, 0.29) is 15.5 Å². The van der Waals surface area contributed by atoms with Crippen molar-refractivity contribution >= 4 is 49.5 Å². The second-order valence-corrected chi connectivity index (χ2v) is 8.52. The zero-order chi connectivity index (χ0) is 19.6. The maximum absolute atomic E-state index is 12.8. The number of carbonyl (C=O) groups is 1. The predicted molar refractivity (Wildman–Crippen MR) is 111 cm³/mol. The van der Waals surface area contributed by atoms with Gasteiger partial charge in [0.25, 0.3) is 15.9 Å². The Kier molecular flexibility index (Phi) is 4.81. The van der Waals surface area contributed by atoms with E-state index in [1.54, 1.807) is 41.9 Å². The molecular weight excluding hydrogens is 394 g/mol. The van der Waals surface area contributed by atoms with Gasteiger partial charge in [0.1, 0.15) is 4.88 Å². The third kappa shape index (κ3) is 3.60. The molecule has 4 rings (SSSR count). The van der Waals surface area contributed by atoms with Crippen LogP contribution in [-0.4, -0.2) is 19.3 Å². The van der Waals surface area contributed by atoms with Gasteiger partial charge in [0.2, 0.25) is 0 Å². The summed E-state index contributed by atoms with van der Waals surface area (Å²) in [6.07, 6.45) is 1.66. The van der Waals surface area contributed by atoms with Crippen molar-refractivity contribution in [2.24, 2.45) is 0 Å². The molecule has 0 aliphatic rings. The highest BCUT2D eigenvalue weighted by Gasteiger charge is 2.20. The summed E-state index contributed by atoms with van der Waals surface area (Å²) in [4.78, 5) is 17.5. The number of carbonyl (C=O) groups excluding carboxylic acids is 1. The number of sulfonamides is 1. The van der Waals surface area contributed by atoms with E-state index >= 15 is 0 Å². The van der Waals surface area contributed by atoms with Crippen LogP contribution in [-0.2, 0) is 10.0 Å². The van der Waals surface area contributed by atoms with Gasteiger partial charge in [-0.05, 0) is 35.7 Å². The second-order valence-electron chi connectivity index (χ2n) is 5.92. The van der Waals surface area contributed by atoms with Crippen molar-refractivity contribution in [3.63, 3.8) is 0 Å². The molecule has 140 valence electrons. The van der Waals surface area contributed by atoms with Crippen molar-refractivity contribution in [1.29, 1.82) is 0 Å². The molecule has 2 aromatic carbocycles. The highest BCUT2D eigenvalue weighted by molar-refractivity contribution is 7.92. The van der Waals surface area contributed by atoms with E-state index in [4.69, 9.17) is 0 Å². The first-order chi connectivity index (χ1) is 13.5. The van der Waals surface area contributed by atoms with Crippen molar-refractivity contribution in [1.82, 2.24) is 4.98 Å². The summed E-state index contributed by atoms with van der Waals surface area (Å²) in [5.74, 6) is -0.404. The second kappa shape index (κ2) is 7.41. The molecule has 0 unspecified atom stereocenters. The van der Waals surface area contributed by atoms with Gasteiger partial charge in [-0.25, -0.2) is 8.42 Å². The van der Waals surface area contributed by atoms with Crippen LogP contribution < -0.4 is 10.0 Å². The molecule has 4 aromatic rings. The monoisotopic (exact) mass is 409 g/mol. The smallest absolute Gasteiger partial charge is 0.267 e. The van der Waals surface area contributed by atoms with E-state index in [1.165, 1.54) is 12.1 Å². The fourth-order valence-corrected chi connectivity index (χ4v) is 4.65. The zero-order valence-corrected chi connectivity index (χ0v) is 16.1. The Balaban J connectivity index is 1.61. The predicted octanol–water partition coefficient (Wildman–Crippen LogP) is 4.35. The Labute approximate surface area is 165 Å². The first kappa shape index (κ1) is 18.1. The number of pyridine rings is 1. The number of nitrogens with zero attached hydrogens (tertiary/aromatic N) is 1. The average Bonchev–Trinajstić information content (AvgIpc) is 3.16. The maximum Gasteiger partial charge on any atom is 0.267 e. The van der Waals surface area contributed by atoms with E-state index in [1.807, 2.05) is 24.3 Å². The first-order valence-electron chi connectivity index (χ1n) is 8.35. The normalized spacial score (nSPS) is 11.3. The Morgan fingerprint density at radius 2 is 1.68 bits per heavy atom. The van der Waals surface area contributed by atoms with Gasteiger partial charge in [-0.3, -0.25) is 14.5 Å². The van der Waals surface area contributed by atoms with Crippen LogP contribution in [0.25, 0.3) is 10.9 Å². The molecule has 0 saturated carbocycles. The number of hydrogen-bond donors (Lipinski definition) is 2. The van der Waals surface area contributed by atoms with Crippen molar-refractivity contribution in [3.8, 4) is 0 Å². The summed E-state index contributed by atoms with van der Waals surface area (Å²) in [5.41, 5.74) is 1.47.